The molecule has 1 saturated heterocycles. The minimum atomic E-state index is -4.11. The van der Waals surface area contributed by atoms with Crippen LogP contribution in [0.2, 0.25) is 0 Å². The maximum atomic E-state index is 11.9. The van der Waals surface area contributed by atoms with Gasteiger partial charge in [-0.3, -0.25) is 4.79 Å². The van der Waals surface area contributed by atoms with Crippen molar-refractivity contribution in [2.75, 3.05) is 26.2 Å². The summed E-state index contributed by atoms with van der Waals surface area (Å²) < 4.78 is 41.0. The summed E-state index contributed by atoms with van der Waals surface area (Å²) in [5.41, 5.74) is 0. The van der Waals surface area contributed by atoms with E-state index in [4.69, 9.17) is 4.74 Å². The molecule has 1 aliphatic heterocycles. The highest BCUT2D eigenvalue weighted by Gasteiger charge is 2.25. The van der Waals surface area contributed by atoms with Crippen molar-refractivity contribution in [1.29, 1.82) is 0 Å². The van der Waals surface area contributed by atoms with Gasteiger partial charge in [0, 0.05) is 13.0 Å². The highest BCUT2D eigenvalue weighted by atomic mass is 19.4. The Hall–Kier alpha value is -0.820. The highest BCUT2D eigenvalue weighted by molar-refractivity contribution is 5.77. The van der Waals surface area contributed by atoms with Crippen LogP contribution in [0, 0.1) is 0 Å². The summed E-state index contributed by atoms with van der Waals surface area (Å²) in [6.07, 6.45) is -2.65. The smallest absolute Gasteiger partial charge is 0.368 e. The van der Waals surface area contributed by atoms with E-state index in [1.165, 1.54) is 0 Å². The molecule has 0 aromatic rings. The van der Waals surface area contributed by atoms with Crippen LogP contribution in [0.15, 0.2) is 0 Å². The van der Waals surface area contributed by atoms with E-state index in [2.05, 4.69) is 10.6 Å². The fourth-order valence-electron chi connectivity index (χ4n) is 1.88. The first-order valence-corrected chi connectivity index (χ1v) is 6.63. The summed E-state index contributed by atoms with van der Waals surface area (Å²) in [4.78, 5) is 11.4. The van der Waals surface area contributed by atoms with E-state index >= 15 is 0 Å². The molecule has 0 saturated carbocycles. The first-order valence-electron chi connectivity index (χ1n) is 6.63. The van der Waals surface area contributed by atoms with Gasteiger partial charge in [-0.15, -0.1) is 0 Å². The Balaban J connectivity index is 1.95. The van der Waals surface area contributed by atoms with Gasteiger partial charge in [0.2, 0.25) is 5.91 Å². The molecule has 0 unspecified atom stereocenters. The minimum absolute atomic E-state index is 0.00998. The van der Waals surface area contributed by atoms with Gasteiger partial charge in [0.05, 0.1) is 6.10 Å². The Morgan fingerprint density at radius 1 is 1.26 bits per heavy atom. The van der Waals surface area contributed by atoms with Gasteiger partial charge in [0.25, 0.3) is 0 Å². The van der Waals surface area contributed by atoms with Crippen LogP contribution in [0.5, 0.6) is 0 Å². The molecular formula is C12H21F3N2O2. The normalized spacial score (nSPS) is 17.4. The quantitative estimate of drug-likeness (QED) is 0.697. The van der Waals surface area contributed by atoms with Crippen molar-refractivity contribution in [3.8, 4) is 0 Å². The summed E-state index contributed by atoms with van der Waals surface area (Å²) >= 11 is 0. The van der Waals surface area contributed by atoms with Gasteiger partial charge in [-0.2, -0.15) is 13.2 Å². The Morgan fingerprint density at radius 3 is 2.58 bits per heavy atom. The Labute approximate surface area is 111 Å². The molecular weight excluding hydrogens is 261 g/mol. The maximum Gasteiger partial charge on any atom is 0.389 e. The number of hydrogen-bond acceptors (Lipinski definition) is 3. The minimum Gasteiger partial charge on any atom is -0.368 e. The van der Waals surface area contributed by atoms with Crippen LogP contribution in [0.1, 0.15) is 32.1 Å². The summed E-state index contributed by atoms with van der Waals surface area (Å²) in [5, 5.41) is 5.75. The molecule has 4 nitrogen and oxygen atoms in total. The van der Waals surface area contributed by atoms with Crippen LogP contribution in [0.4, 0.5) is 13.2 Å². The summed E-state index contributed by atoms with van der Waals surface area (Å²) in [6.45, 7) is 2.04. The molecule has 1 rings (SSSR count). The molecule has 0 radical (unpaired) electrons. The maximum absolute atomic E-state index is 11.9. The topological polar surface area (TPSA) is 50.4 Å². The number of nitrogens with one attached hydrogen (secondary N) is 2. The fraction of sp³-hybridized carbons (Fsp3) is 0.917. The molecule has 1 aliphatic rings. The molecule has 0 aromatic carbocycles. The third-order valence-electron chi connectivity index (χ3n) is 2.95. The van der Waals surface area contributed by atoms with E-state index < -0.39 is 12.6 Å². The molecule has 1 fully saturated rings. The third kappa shape index (κ3) is 8.83. The number of alkyl halides is 3. The van der Waals surface area contributed by atoms with Crippen molar-refractivity contribution in [2.45, 2.75) is 44.4 Å². The first kappa shape index (κ1) is 16.2. The van der Waals surface area contributed by atoms with Crippen LogP contribution in [-0.4, -0.2) is 44.4 Å². The average Bonchev–Trinajstić information content (AvgIpc) is 2.36. The Morgan fingerprint density at radius 2 is 1.95 bits per heavy atom. The van der Waals surface area contributed by atoms with Gasteiger partial charge in [-0.1, -0.05) is 0 Å². The summed E-state index contributed by atoms with van der Waals surface area (Å²) in [6, 6.07) is 0. The molecule has 0 bridgehead atoms. The number of hydrogen-bond donors (Lipinski definition) is 2. The zero-order valence-electron chi connectivity index (χ0n) is 10.9. The predicted octanol–water partition coefficient (Wildman–Crippen LogP) is 1.60. The second-order valence-electron chi connectivity index (χ2n) is 4.68. The summed E-state index contributed by atoms with van der Waals surface area (Å²) in [7, 11) is 0. The lowest BCUT2D eigenvalue weighted by atomic mass is 10.1. The standard InChI is InChI=1S/C12H21F3N2O2/c13-12(14,15)5-1-2-6-17-11(18)9-19-10-3-7-16-8-4-10/h10,16H,1-9H2,(H,17,18). The molecule has 0 spiro atoms. The predicted molar refractivity (Wildman–Crippen MR) is 64.8 cm³/mol. The van der Waals surface area contributed by atoms with E-state index in [1.807, 2.05) is 0 Å². The number of ether oxygens (including phenoxy) is 1. The zero-order valence-corrected chi connectivity index (χ0v) is 10.9. The van der Waals surface area contributed by atoms with Crippen LogP contribution in [-0.2, 0) is 9.53 Å². The second kappa shape index (κ2) is 8.37. The van der Waals surface area contributed by atoms with Crippen LogP contribution < -0.4 is 10.6 Å². The van der Waals surface area contributed by atoms with E-state index in [-0.39, 0.29) is 31.6 Å². The van der Waals surface area contributed by atoms with Crippen LogP contribution in [0.25, 0.3) is 0 Å². The number of carbonyl (C=O) groups excluding carboxylic acids is 1. The number of piperidine rings is 1. The lowest BCUT2D eigenvalue weighted by Crippen LogP contribution is -2.36. The largest absolute Gasteiger partial charge is 0.389 e. The molecule has 0 aliphatic carbocycles. The van der Waals surface area contributed by atoms with Gasteiger partial charge >= 0.3 is 6.18 Å². The van der Waals surface area contributed by atoms with E-state index in [9.17, 15) is 18.0 Å². The molecule has 0 atom stereocenters. The van der Waals surface area contributed by atoms with Gasteiger partial charge in [0.1, 0.15) is 6.61 Å². The number of unbranched alkanes of at least 4 members (excludes halogenated alkanes) is 1. The van der Waals surface area contributed by atoms with Crippen molar-refractivity contribution >= 4 is 5.91 Å². The number of carbonyl (C=O) groups is 1. The average molecular weight is 282 g/mol. The van der Waals surface area contributed by atoms with Crippen molar-refractivity contribution < 1.29 is 22.7 Å². The summed E-state index contributed by atoms with van der Waals surface area (Å²) in [5.74, 6) is -0.259. The zero-order chi connectivity index (χ0) is 14.1. The fourth-order valence-corrected chi connectivity index (χ4v) is 1.88. The van der Waals surface area contributed by atoms with Gasteiger partial charge < -0.3 is 15.4 Å². The van der Waals surface area contributed by atoms with Crippen LogP contribution in [0.3, 0.4) is 0 Å². The van der Waals surface area contributed by atoms with Crippen LogP contribution >= 0.6 is 0 Å². The monoisotopic (exact) mass is 282 g/mol. The van der Waals surface area contributed by atoms with Gasteiger partial charge in [-0.25, -0.2) is 0 Å². The number of amides is 1. The molecule has 2 N–H and O–H groups in total. The molecule has 19 heavy (non-hydrogen) atoms. The highest BCUT2D eigenvalue weighted by Crippen LogP contribution is 2.21. The second-order valence-corrected chi connectivity index (χ2v) is 4.68. The molecule has 1 amide bonds. The molecule has 0 aromatic heterocycles. The van der Waals surface area contributed by atoms with E-state index in [0.29, 0.717) is 6.42 Å². The van der Waals surface area contributed by atoms with Crippen molar-refractivity contribution in [3.63, 3.8) is 0 Å². The Bertz CT molecular complexity index is 266. The molecule has 1 heterocycles. The van der Waals surface area contributed by atoms with Crippen molar-refractivity contribution in [2.24, 2.45) is 0 Å². The molecule has 7 heteroatoms. The Kier molecular flexibility index (Phi) is 7.15. The first-order chi connectivity index (χ1) is 8.97. The van der Waals surface area contributed by atoms with Gasteiger partial charge in [0.15, 0.2) is 0 Å². The van der Waals surface area contributed by atoms with E-state index in [1.54, 1.807) is 0 Å². The molecule has 112 valence electrons. The van der Waals surface area contributed by atoms with Crippen molar-refractivity contribution in [3.05, 3.63) is 0 Å². The SMILES string of the molecule is O=C(COC1CCNCC1)NCCCCC(F)(F)F. The lowest BCUT2D eigenvalue weighted by molar-refractivity contribution is -0.135. The third-order valence-corrected chi connectivity index (χ3v) is 2.95. The number of halogens is 3. The van der Waals surface area contributed by atoms with E-state index in [0.717, 1.165) is 25.9 Å². The van der Waals surface area contributed by atoms with Gasteiger partial charge in [-0.05, 0) is 38.8 Å². The number of rotatable bonds is 7. The lowest BCUT2D eigenvalue weighted by Gasteiger charge is -2.22. The van der Waals surface area contributed by atoms with Crippen molar-refractivity contribution in [1.82, 2.24) is 10.6 Å².